The Balaban J connectivity index is 1.68. The van der Waals surface area contributed by atoms with Crippen LogP contribution in [0.15, 0.2) is 53.5 Å². The van der Waals surface area contributed by atoms with Crippen LogP contribution < -0.4 is 4.90 Å². The predicted molar refractivity (Wildman–Crippen MR) is 133 cm³/mol. The number of rotatable bonds is 5. The van der Waals surface area contributed by atoms with Gasteiger partial charge in [0.15, 0.2) is 5.84 Å². The normalized spacial score (nSPS) is 28.2. The second-order valence-electron chi connectivity index (χ2n) is 9.88. The monoisotopic (exact) mass is 445 g/mol. The molecular weight excluding hydrogens is 410 g/mol. The highest BCUT2D eigenvalue weighted by Gasteiger charge is 2.62. The maximum absolute atomic E-state index is 13.6. The number of fused-ring (bicyclic) bond motifs is 1. The van der Waals surface area contributed by atoms with Gasteiger partial charge >= 0.3 is 0 Å². The molecule has 3 heterocycles. The minimum atomic E-state index is -0.854. The Hall–Kier alpha value is -2.66. The Morgan fingerprint density at radius 3 is 2.45 bits per heavy atom. The van der Waals surface area contributed by atoms with Crippen molar-refractivity contribution in [2.75, 3.05) is 18.1 Å². The number of carbonyl (C=O) groups excluding carboxylic acids is 1. The molecule has 0 N–H and O–H groups in total. The van der Waals surface area contributed by atoms with Gasteiger partial charge in [-0.05, 0) is 57.4 Å². The number of morpholine rings is 1. The van der Waals surface area contributed by atoms with Gasteiger partial charge in [-0.25, -0.2) is 4.99 Å². The number of hydrogen-bond acceptors (Lipinski definition) is 3. The number of aliphatic imine (C=N–C) groups is 1. The van der Waals surface area contributed by atoms with Gasteiger partial charge in [-0.2, -0.15) is 0 Å². The Labute approximate surface area is 197 Å². The van der Waals surface area contributed by atoms with Crippen LogP contribution in [0.4, 0.5) is 11.4 Å². The third-order valence-electron chi connectivity index (χ3n) is 7.49. The summed E-state index contributed by atoms with van der Waals surface area (Å²) >= 11 is 0. The lowest BCUT2D eigenvalue weighted by Gasteiger charge is -2.50. The lowest BCUT2D eigenvalue weighted by molar-refractivity contribution is -0.119. The third-order valence-corrected chi connectivity index (χ3v) is 7.49. The van der Waals surface area contributed by atoms with Crippen molar-refractivity contribution in [1.82, 2.24) is 4.90 Å². The first-order valence-electron chi connectivity index (χ1n) is 12.5. The standard InChI is InChI=1S/C28H35N3O2/c1-4-5-7-22-18-26(32)31(24-15-11-21(3)12-16-24)28(22)27(29-23-13-9-20(2)10-14-23)30-17-6-8-25(30)19-33-28/h9-16,22,25H,4-8,17-19H2,1-3H3/t22?,25-,28?/m0/s1. The number of nitrogens with zero attached hydrogens (tertiary/aromatic N) is 3. The Morgan fingerprint density at radius 2 is 1.76 bits per heavy atom. The van der Waals surface area contributed by atoms with Crippen LogP contribution >= 0.6 is 0 Å². The SMILES string of the molecule is CCCCC1CC(=O)N(c2ccc(C)cc2)C12OC[C@@H]1CCCN1C2=Nc1ccc(C)cc1. The molecule has 3 aliphatic heterocycles. The fourth-order valence-corrected chi connectivity index (χ4v) is 5.72. The molecule has 33 heavy (non-hydrogen) atoms. The van der Waals surface area contributed by atoms with Crippen LogP contribution in [0.3, 0.4) is 0 Å². The number of ether oxygens (including phenoxy) is 1. The first-order valence-corrected chi connectivity index (χ1v) is 12.5. The van der Waals surface area contributed by atoms with E-state index in [2.05, 4.69) is 74.2 Å². The molecule has 3 atom stereocenters. The number of anilines is 1. The maximum Gasteiger partial charge on any atom is 0.230 e. The van der Waals surface area contributed by atoms with Gasteiger partial charge in [0.25, 0.3) is 0 Å². The summed E-state index contributed by atoms with van der Waals surface area (Å²) in [5.74, 6) is 1.14. The quantitative estimate of drug-likeness (QED) is 0.587. The van der Waals surface area contributed by atoms with Crippen LogP contribution in [0.1, 0.15) is 56.6 Å². The summed E-state index contributed by atoms with van der Waals surface area (Å²) in [6.45, 7) is 7.99. The summed E-state index contributed by atoms with van der Waals surface area (Å²) < 4.78 is 6.86. The number of carbonyl (C=O) groups is 1. The van der Waals surface area contributed by atoms with Crippen LogP contribution in [0.25, 0.3) is 0 Å². The van der Waals surface area contributed by atoms with E-state index in [1.54, 1.807) is 0 Å². The van der Waals surface area contributed by atoms with Gasteiger partial charge in [0.2, 0.25) is 11.6 Å². The first-order chi connectivity index (χ1) is 16.0. The minimum absolute atomic E-state index is 0.0806. The van der Waals surface area contributed by atoms with E-state index in [0.717, 1.165) is 55.9 Å². The topological polar surface area (TPSA) is 45.1 Å². The van der Waals surface area contributed by atoms with Crippen LogP contribution in [0, 0.1) is 19.8 Å². The number of hydrogen-bond donors (Lipinski definition) is 0. The van der Waals surface area contributed by atoms with E-state index in [4.69, 9.17) is 9.73 Å². The molecule has 0 aliphatic carbocycles. The van der Waals surface area contributed by atoms with Gasteiger partial charge in [0.1, 0.15) is 0 Å². The fourth-order valence-electron chi connectivity index (χ4n) is 5.72. The van der Waals surface area contributed by atoms with E-state index >= 15 is 0 Å². The number of amidine groups is 1. The number of unbranched alkanes of at least 4 members (excludes halogenated alkanes) is 1. The van der Waals surface area contributed by atoms with Crippen molar-refractivity contribution >= 4 is 23.1 Å². The number of benzene rings is 2. The highest BCUT2D eigenvalue weighted by Crippen LogP contribution is 2.48. The van der Waals surface area contributed by atoms with Crippen LogP contribution in [-0.4, -0.2) is 41.6 Å². The Bertz CT molecular complexity index is 1030. The molecule has 5 rings (SSSR count). The van der Waals surface area contributed by atoms with Crippen LogP contribution in [0.2, 0.25) is 0 Å². The largest absolute Gasteiger partial charge is 0.351 e. The van der Waals surface area contributed by atoms with Gasteiger partial charge < -0.3 is 9.64 Å². The second-order valence-corrected chi connectivity index (χ2v) is 9.88. The Morgan fingerprint density at radius 1 is 1.06 bits per heavy atom. The van der Waals surface area contributed by atoms with E-state index in [1.165, 1.54) is 11.1 Å². The molecule has 2 aromatic carbocycles. The smallest absolute Gasteiger partial charge is 0.230 e. The third kappa shape index (κ3) is 3.86. The average Bonchev–Trinajstić information content (AvgIpc) is 3.39. The molecule has 5 nitrogen and oxygen atoms in total. The molecule has 3 fully saturated rings. The molecule has 0 radical (unpaired) electrons. The summed E-state index contributed by atoms with van der Waals surface area (Å²) in [6.07, 6.45) is 5.87. The van der Waals surface area contributed by atoms with Gasteiger partial charge in [-0.1, -0.05) is 55.2 Å². The van der Waals surface area contributed by atoms with Crippen LogP contribution in [-0.2, 0) is 9.53 Å². The highest BCUT2D eigenvalue weighted by molar-refractivity contribution is 6.09. The molecule has 0 aromatic heterocycles. The van der Waals surface area contributed by atoms with Crippen molar-refractivity contribution in [1.29, 1.82) is 0 Å². The molecule has 5 heteroatoms. The molecule has 3 aliphatic rings. The molecule has 2 unspecified atom stereocenters. The van der Waals surface area contributed by atoms with Crippen LogP contribution in [0.5, 0.6) is 0 Å². The van der Waals surface area contributed by atoms with E-state index < -0.39 is 5.72 Å². The van der Waals surface area contributed by atoms with Gasteiger partial charge in [-0.3, -0.25) is 9.69 Å². The van der Waals surface area contributed by atoms with Crippen molar-refractivity contribution in [3.8, 4) is 0 Å². The fraction of sp³-hybridized carbons (Fsp3) is 0.500. The summed E-state index contributed by atoms with van der Waals surface area (Å²) in [7, 11) is 0. The molecule has 174 valence electrons. The van der Waals surface area contributed by atoms with Gasteiger partial charge in [0.05, 0.1) is 18.3 Å². The van der Waals surface area contributed by atoms with E-state index in [-0.39, 0.29) is 11.8 Å². The summed E-state index contributed by atoms with van der Waals surface area (Å²) in [4.78, 5) is 23.2. The predicted octanol–water partition coefficient (Wildman–Crippen LogP) is 5.77. The highest BCUT2D eigenvalue weighted by atomic mass is 16.5. The zero-order chi connectivity index (χ0) is 23.0. The second kappa shape index (κ2) is 8.94. The van der Waals surface area contributed by atoms with Gasteiger partial charge in [-0.15, -0.1) is 0 Å². The molecule has 0 bridgehead atoms. The molecular formula is C28H35N3O2. The van der Waals surface area contributed by atoms with E-state index in [1.807, 2.05) is 4.90 Å². The van der Waals surface area contributed by atoms with Crippen molar-refractivity contribution < 1.29 is 9.53 Å². The van der Waals surface area contributed by atoms with Gasteiger partial charge in [0, 0.05) is 24.6 Å². The summed E-state index contributed by atoms with van der Waals surface area (Å²) in [6, 6.07) is 16.9. The first kappa shape index (κ1) is 22.1. The molecule has 2 aromatic rings. The molecule has 3 saturated heterocycles. The van der Waals surface area contributed by atoms with E-state index in [9.17, 15) is 4.79 Å². The molecule has 1 amide bonds. The van der Waals surface area contributed by atoms with E-state index in [0.29, 0.717) is 19.1 Å². The zero-order valence-corrected chi connectivity index (χ0v) is 20.1. The lowest BCUT2D eigenvalue weighted by Crippen LogP contribution is -2.67. The average molecular weight is 446 g/mol. The molecule has 0 saturated carbocycles. The van der Waals surface area contributed by atoms with Crippen molar-refractivity contribution in [2.24, 2.45) is 10.9 Å². The molecule has 1 spiro atoms. The van der Waals surface area contributed by atoms with Crippen molar-refractivity contribution in [3.05, 3.63) is 59.7 Å². The minimum Gasteiger partial charge on any atom is -0.351 e. The van der Waals surface area contributed by atoms with Crippen molar-refractivity contribution in [3.63, 3.8) is 0 Å². The van der Waals surface area contributed by atoms with Crippen molar-refractivity contribution in [2.45, 2.75) is 71.1 Å². The maximum atomic E-state index is 13.6. The zero-order valence-electron chi connectivity index (χ0n) is 20.1. The Kier molecular flexibility index (Phi) is 6.00. The summed E-state index contributed by atoms with van der Waals surface area (Å²) in [5, 5.41) is 0. The summed E-state index contributed by atoms with van der Waals surface area (Å²) in [5.41, 5.74) is 3.36. The number of aryl methyl sites for hydroxylation is 2. The lowest BCUT2D eigenvalue weighted by atomic mass is 9.87. The number of amides is 1.